The molecule has 0 unspecified atom stereocenters. The van der Waals surface area contributed by atoms with Crippen molar-refractivity contribution in [1.29, 1.82) is 0 Å². The summed E-state index contributed by atoms with van der Waals surface area (Å²) in [7, 11) is 0. The molecule has 0 N–H and O–H groups in total. The second-order valence-corrected chi connectivity index (χ2v) is 17.5. The molecule has 0 bridgehead atoms. The van der Waals surface area contributed by atoms with Crippen LogP contribution in [0.25, 0.3) is 78.7 Å². The predicted molar refractivity (Wildman–Crippen MR) is 276 cm³/mol. The summed E-state index contributed by atoms with van der Waals surface area (Å²) in [6, 6.07) is 86.7. The fraction of sp³-hybridized carbons (Fsp3) is 0.0156. The van der Waals surface area contributed by atoms with E-state index in [1.54, 1.807) is 0 Å². The van der Waals surface area contributed by atoms with Crippen LogP contribution >= 0.6 is 0 Å². The van der Waals surface area contributed by atoms with Crippen LogP contribution < -0.4 is 9.47 Å². The van der Waals surface area contributed by atoms with Crippen LogP contribution in [0.3, 0.4) is 0 Å². The molecule has 0 atom stereocenters. The number of ether oxygens (including phenoxy) is 2. The highest BCUT2D eigenvalue weighted by Gasteiger charge is 2.48. The largest absolute Gasteiger partial charge is 0.449 e. The minimum Gasteiger partial charge on any atom is -0.449 e. The SMILES string of the molecule is c1ccc(-c2cccc(-c3nc(-c4ccc(-c5ccc6c(c5)Oc5ccc7c(c5O6)-c5ccccc5C7(c5ccccc5)c5ccccc5)cc4)nc(-c4cccc(-c5ccccc5)c4)n3)c2)cc1. The second-order valence-electron chi connectivity index (χ2n) is 17.5. The van der Waals surface area contributed by atoms with Crippen molar-refractivity contribution in [3.8, 4) is 102 Å². The van der Waals surface area contributed by atoms with Gasteiger partial charge < -0.3 is 9.47 Å². The summed E-state index contributed by atoms with van der Waals surface area (Å²) in [5.41, 5.74) is 15.6. The standard InChI is InChI=1S/C64H41N3O2/c1-5-17-42(18-6-1)46-21-15-23-49(39-46)62-65-61(66-63(67-62)50-24-16-22-47(40-50)43-19-7-2-8-20-43)45-33-31-44(32-34-45)48-35-37-56-58(41-48)68-57-38-36-55-59(60(57)69-56)53-29-13-14-30-54(53)64(55,51-25-9-3-10-26-51)52-27-11-4-12-28-52/h1-41H. The van der Waals surface area contributed by atoms with Crippen molar-refractivity contribution in [2.75, 3.05) is 0 Å². The van der Waals surface area contributed by atoms with Gasteiger partial charge in [-0.1, -0.05) is 218 Å². The number of rotatable bonds is 8. The van der Waals surface area contributed by atoms with Gasteiger partial charge in [0.2, 0.25) is 0 Å². The lowest BCUT2D eigenvalue weighted by Crippen LogP contribution is -2.28. The third-order valence-electron chi connectivity index (χ3n) is 13.5. The Balaban J connectivity index is 0.851. The van der Waals surface area contributed by atoms with Gasteiger partial charge in [-0.25, -0.2) is 15.0 Å². The zero-order valence-electron chi connectivity index (χ0n) is 37.3. The summed E-state index contributed by atoms with van der Waals surface area (Å²) in [5, 5.41) is 0. The number of nitrogens with zero attached hydrogens (tertiary/aromatic N) is 3. The van der Waals surface area contributed by atoms with Crippen molar-refractivity contribution >= 4 is 0 Å². The summed E-state index contributed by atoms with van der Waals surface area (Å²) >= 11 is 0. The quantitative estimate of drug-likeness (QED) is 0.152. The van der Waals surface area contributed by atoms with Gasteiger partial charge in [-0.05, 0) is 91.5 Å². The molecule has 0 spiro atoms. The zero-order valence-corrected chi connectivity index (χ0v) is 37.3. The Labute approximate surface area is 400 Å². The fourth-order valence-electron chi connectivity index (χ4n) is 10.3. The number of fused-ring (bicyclic) bond motifs is 6. The van der Waals surface area contributed by atoms with E-state index >= 15 is 0 Å². The molecule has 2 aliphatic rings. The molecule has 0 amide bonds. The maximum Gasteiger partial charge on any atom is 0.178 e. The molecule has 2 heterocycles. The van der Waals surface area contributed by atoms with Gasteiger partial charge in [-0.2, -0.15) is 0 Å². The molecule has 13 rings (SSSR count). The summed E-state index contributed by atoms with van der Waals surface area (Å²) in [4.78, 5) is 15.3. The van der Waals surface area contributed by atoms with E-state index in [4.69, 9.17) is 24.4 Å². The van der Waals surface area contributed by atoms with Crippen molar-refractivity contribution in [3.63, 3.8) is 0 Å². The summed E-state index contributed by atoms with van der Waals surface area (Å²) in [6.45, 7) is 0. The van der Waals surface area contributed by atoms with Crippen LogP contribution in [-0.2, 0) is 5.41 Å². The Morgan fingerprint density at radius 2 is 0.710 bits per heavy atom. The zero-order chi connectivity index (χ0) is 45.7. The van der Waals surface area contributed by atoms with Crippen LogP contribution in [0.5, 0.6) is 23.0 Å². The topological polar surface area (TPSA) is 57.1 Å². The normalized spacial score (nSPS) is 12.7. The number of hydrogen-bond acceptors (Lipinski definition) is 5. The van der Waals surface area contributed by atoms with Gasteiger partial charge >= 0.3 is 0 Å². The van der Waals surface area contributed by atoms with Gasteiger partial charge in [0.25, 0.3) is 0 Å². The van der Waals surface area contributed by atoms with Crippen LogP contribution in [0.4, 0.5) is 0 Å². The Kier molecular flexibility index (Phi) is 9.65. The molecule has 1 aromatic heterocycles. The van der Waals surface area contributed by atoms with E-state index in [1.807, 2.05) is 18.2 Å². The molecule has 11 aromatic rings. The summed E-state index contributed by atoms with van der Waals surface area (Å²) < 4.78 is 13.7. The van der Waals surface area contributed by atoms with Crippen LogP contribution in [0.1, 0.15) is 22.3 Å². The van der Waals surface area contributed by atoms with E-state index in [1.165, 1.54) is 22.3 Å². The van der Waals surface area contributed by atoms with Crippen LogP contribution in [0.2, 0.25) is 0 Å². The molecule has 1 aliphatic heterocycles. The minimum atomic E-state index is -0.533. The Morgan fingerprint density at radius 3 is 1.30 bits per heavy atom. The van der Waals surface area contributed by atoms with Crippen molar-refractivity contribution < 1.29 is 9.47 Å². The summed E-state index contributed by atoms with van der Waals surface area (Å²) in [6.07, 6.45) is 0. The van der Waals surface area contributed by atoms with Crippen molar-refractivity contribution in [1.82, 2.24) is 15.0 Å². The average Bonchev–Trinajstić information content (AvgIpc) is 3.75. The smallest absolute Gasteiger partial charge is 0.178 e. The summed E-state index contributed by atoms with van der Waals surface area (Å²) in [5.74, 6) is 4.55. The Morgan fingerprint density at radius 1 is 0.275 bits per heavy atom. The Bertz CT molecular complexity index is 3570. The van der Waals surface area contributed by atoms with E-state index in [-0.39, 0.29) is 0 Å². The maximum absolute atomic E-state index is 6.92. The molecule has 0 fully saturated rings. The van der Waals surface area contributed by atoms with E-state index < -0.39 is 5.41 Å². The van der Waals surface area contributed by atoms with Gasteiger partial charge in [0, 0.05) is 22.3 Å². The van der Waals surface area contributed by atoms with E-state index in [0.717, 1.165) is 66.9 Å². The molecule has 0 saturated carbocycles. The Hall–Kier alpha value is -9.19. The monoisotopic (exact) mass is 883 g/mol. The van der Waals surface area contributed by atoms with Crippen molar-refractivity contribution in [2.45, 2.75) is 5.41 Å². The molecule has 324 valence electrons. The number of benzene rings is 10. The highest BCUT2D eigenvalue weighted by molar-refractivity contribution is 5.92. The van der Waals surface area contributed by atoms with Crippen LogP contribution in [0, 0.1) is 0 Å². The molecular formula is C64H41N3O2. The molecule has 0 radical (unpaired) electrons. The average molecular weight is 884 g/mol. The minimum absolute atomic E-state index is 0.533. The van der Waals surface area contributed by atoms with Crippen LogP contribution in [-0.4, -0.2) is 15.0 Å². The van der Waals surface area contributed by atoms with Crippen molar-refractivity contribution in [3.05, 3.63) is 271 Å². The van der Waals surface area contributed by atoms with E-state index in [9.17, 15) is 0 Å². The molecule has 0 saturated heterocycles. The lowest BCUT2D eigenvalue weighted by atomic mass is 9.68. The van der Waals surface area contributed by atoms with Gasteiger partial charge in [0.05, 0.1) is 5.41 Å². The third-order valence-corrected chi connectivity index (χ3v) is 13.5. The molecule has 69 heavy (non-hydrogen) atoms. The first-order chi connectivity index (χ1) is 34.2. The first-order valence-corrected chi connectivity index (χ1v) is 23.2. The van der Waals surface area contributed by atoms with Gasteiger partial charge in [0.1, 0.15) is 0 Å². The first kappa shape index (κ1) is 40.1. The molecular weight excluding hydrogens is 843 g/mol. The molecule has 10 aromatic carbocycles. The lowest BCUT2D eigenvalue weighted by Gasteiger charge is -2.34. The third kappa shape index (κ3) is 6.90. The molecule has 5 heteroatoms. The predicted octanol–water partition coefficient (Wildman–Crippen LogP) is 16.1. The highest BCUT2D eigenvalue weighted by Crippen LogP contribution is 2.62. The van der Waals surface area contributed by atoms with E-state index in [0.29, 0.717) is 34.7 Å². The first-order valence-electron chi connectivity index (χ1n) is 23.2. The highest BCUT2D eigenvalue weighted by atomic mass is 16.6. The van der Waals surface area contributed by atoms with Gasteiger partial charge in [-0.15, -0.1) is 0 Å². The maximum atomic E-state index is 6.92. The van der Waals surface area contributed by atoms with Crippen molar-refractivity contribution in [2.24, 2.45) is 0 Å². The molecule has 1 aliphatic carbocycles. The lowest BCUT2D eigenvalue weighted by molar-refractivity contribution is 0.360. The molecule has 5 nitrogen and oxygen atoms in total. The van der Waals surface area contributed by atoms with Gasteiger partial charge in [-0.3, -0.25) is 0 Å². The van der Waals surface area contributed by atoms with Gasteiger partial charge in [0.15, 0.2) is 40.5 Å². The van der Waals surface area contributed by atoms with E-state index in [2.05, 4.69) is 231 Å². The second kappa shape index (κ2) is 16.6. The number of hydrogen-bond donors (Lipinski definition) is 0. The number of aromatic nitrogens is 3. The van der Waals surface area contributed by atoms with Crippen LogP contribution in [0.15, 0.2) is 249 Å². The fourth-order valence-corrected chi connectivity index (χ4v) is 10.3.